The van der Waals surface area contributed by atoms with E-state index in [4.69, 9.17) is 27.9 Å². The van der Waals surface area contributed by atoms with Gasteiger partial charge in [-0.2, -0.15) is 4.31 Å². The van der Waals surface area contributed by atoms with Gasteiger partial charge in [0, 0.05) is 18.1 Å². The normalized spacial score (nSPS) is 24.8. The number of phenolic OH excluding ortho intramolecular Hbond substituents is 1. The summed E-state index contributed by atoms with van der Waals surface area (Å²) in [7, 11) is -3.87. The number of sulfonamides is 1. The van der Waals surface area contributed by atoms with Crippen LogP contribution in [0.5, 0.6) is 5.75 Å². The Bertz CT molecular complexity index is 610. The Morgan fingerprint density at radius 2 is 1.80 bits per heavy atom. The first-order valence-corrected chi connectivity index (χ1v) is 8.25. The van der Waals surface area contributed by atoms with Gasteiger partial charge in [0.05, 0.1) is 17.2 Å². The number of hydrogen-bond acceptors (Lipinski definition) is 4. The number of rotatable bonds is 2. The van der Waals surface area contributed by atoms with E-state index < -0.39 is 15.8 Å². The zero-order chi connectivity index (χ0) is 15.1. The molecule has 2 atom stereocenters. The summed E-state index contributed by atoms with van der Waals surface area (Å²) >= 11 is 11.6. The number of morpholine rings is 1. The summed E-state index contributed by atoms with van der Waals surface area (Å²) in [6.45, 7) is 4.03. The minimum absolute atomic E-state index is 0.0922. The number of phenols is 1. The van der Waals surface area contributed by atoms with Gasteiger partial charge in [-0.05, 0) is 26.0 Å². The first-order valence-electron chi connectivity index (χ1n) is 6.05. The fourth-order valence-electron chi connectivity index (χ4n) is 2.21. The third-order valence-corrected chi connectivity index (χ3v) is 5.35. The van der Waals surface area contributed by atoms with E-state index in [-0.39, 0.29) is 40.2 Å². The highest BCUT2D eigenvalue weighted by atomic mass is 35.5. The highest BCUT2D eigenvalue weighted by Gasteiger charge is 2.34. The molecule has 1 saturated heterocycles. The van der Waals surface area contributed by atoms with Crippen molar-refractivity contribution in [2.24, 2.45) is 0 Å². The van der Waals surface area contributed by atoms with Crippen molar-refractivity contribution in [3.05, 3.63) is 22.2 Å². The Labute approximate surface area is 128 Å². The third-order valence-electron chi connectivity index (χ3n) is 3.00. The van der Waals surface area contributed by atoms with Gasteiger partial charge in [0.1, 0.15) is 4.90 Å². The van der Waals surface area contributed by atoms with Gasteiger partial charge in [-0.15, -0.1) is 0 Å². The SMILES string of the molecule is C[C@@H]1CN(S(=O)(=O)c2cc(Cl)cc(Cl)c2O)C[C@H](C)O1. The predicted octanol–water partition coefficient (Wildman–Crippen LogP) is 2.50. The molecule has 0 aromatic heterocycles. The fourth-order valence-corrected chi connectivity index (χ4v) is 4.54. The fraction of sp³-hybridized carbons (Fsp3) is 0.500. The Hall–Kier alpha value is -0.530. The molecule has 1 aromatic carbocycles. The average molecular weight is 340 g/mol. The standard InChI is InChI=1S/C12H15Cl2NO4S/c1-7-5-15(6-8(2)19-7)20(17,18)11-4-9(13)3-10(14)12(11)16/h3-4,7-8,16H,5-6H2,1-2H3/t7-,8+. The molecule has 0 aliphatic carbocycles. The van der Waals surface area contributed by atoms with Crippen LogP contribution in [0.15, 0.2) is 17.0 Å². The molecule has 1 aliphatic heterocycles. The minimum atomic E-state index is -3.87. The highest BCUT2D eigenvalue weighted by molar-refractivity contribution is 7.89. The molecule has 20 heavy (non-hydrogen) atoms. The van der Waals surface area contributed by atoms with Crippen molar-refractivity contribution in [2.75, 3.05) is 13.1 Å². The van der Waals surface area contributed by atoms with E-state index in [1.165, 1.54) is 16.4 Å². The molecule has 1 fully saturated rings. The molecule has 0 spiro atoms. The molecule has 5 nitrogen and oxygen atoms in total. The maximum Gasteiger partial charge on any atom is 0.247 e. The first-order chi connectivity index (χ1) is 9.21. The molecule has 112 valence electrons. The van der Waals surface area contributed by atoms with E-state index in [1.807, 2.05) is 0 Å². The summed E-state index contributed by atoms with van der Waals surface area (Å²) in [6, 6.07) is 2.49. The van der Waals surface area contributed by atoms with E-state index in [2.05, 4.69) is 0 Å². The van der Waals surface area contributed by atoms with Crippen molar-refractivity contribution in [1.29, 1.82) is 0 Å². The Kier molecular flexibility index (Phi) is 4.51. The van der Waals surface area contributed by atoms with Crippen LogP contribution in [-0.4, -0.2) is 43.1 Å². The second-order valence-corrected chi connectivity index (χ2v) is 7.56. The second kappa shape index (κ2) is 5.69. The van der Waals surface area contributed by atoms with Gasteiger partial charge in [0.15, 0.2) is 5.75 Å². The maximum absolute atomic E-state index is 12.6. The molecule has 0 radical (unpaired) electrons. The van der Waals surface area contributed by atoms with Gasteiger partial charge < -0.3 is 9.84 Å². The van der Waals surface area contributed by atoms with Crippen LogP contribution >= 0.6 is 23.2 Å². The van der Waals surface area contributed by atoms with Crippen LogP contribution < -0.4 is 0 Å². The number of ether oxygens (including phenoxy) is 1. The zero-order valence-corrected chi connectivity index (χ0v) is 13.3. The van der Waals surface area contributed by atoms with E-state index in [0.717, 1.165) is 0 Å². The monoisotopic (exact) mass is 339 g/mol. The van der Waals surface area contributed by atoms with Gasteiger partial charge >= 0.3 is 0 Å². The lowest BCUT2D eigenvalue weighted by atomic mass is 10.3. The lowest BCUT2D eigenvalue weighted by Crippen LogP contribution is -2.48. The summed E-state index contributed by atoms with van der Waals surface area (Å²) < 4.78 is 32.0. The Morgan fingerprint density at radius 1 is 1.25 bits per heavy atom. The van der Waals surface area contributed by atoms with Gasteiger partial charge in [0.2, 0.25) is 10.0 Å². The van der Waals surface area contributed by atoms with Crippen molar-refractivity contribution >= 4 is 33.2 Å². The molecule has 2 rings (SSSR count). The van der Waals surface area contributed by atoms with E-state index in [1.54, 1.807) is 13.8 Å². The van der Waals surface area contributed by atoms with Crippen LogP contribution in [0.1, 0.15) is 13.8 Å². The molecule has 1 aliphatic rings. The summed E-state index contributed by atoms with van der Waals surface area (Å²) in [4.78, 5) is -0.281. The Balaban J connectivity index is 2.45. The quantitative estimate of drug-likeness (QED) is 0.898. The lowest BCUT2D eigenvalue weighted by molar-refractivity contribution is -0.0441. The zero-order valence-electron chi connectivity index (χ0n) is 11.0. The minimum Gasteiger partial charge on any atom is -0.505 e. The summed E-state index contributed by atoms with van der Waals surface area (Å²) in [5.41, 5.74) is 0. The molecular formula is C12H15Cl2NO4S. The summed E-state index contributed by atoms with van der Waals surface area (Å²) in [5.74, 6) is -0.483. The number of aromatic hydroxyl groups is 1. The van der Waals surface area contributed by atoms with Gasteiger partial charge in [-0.25, -0.2) is 8.42 Å². The smallest absolute Gasteiger partial charge is 0.247 e. The van der Waals surface area contributed by atoms with Crippen molar-refractivity contribution in [3.63, 3.8) is 0 Å². The van der Waals surface area contributed by atoms with E-state index in [0.29, 0.717) is 0 Å². The molecule has 1 heterocycles. The van der Waals surface area contributed by atoms with Gasteiger partial charge in [-0.1, -0.05) is 23.2 Å². The van der Waals surface area contributed by atoms with Crippen LogP contribution in [0.25, 0.3) is 0 Å². The van der Waals surface area contributed by atoms with Crippen molar-refractivity contribution in [2.45, 2.75) is 31.0 Å². The molecule has 1 N–H and O–H groups in total. The lowest BCUT2D eigenvalue weighted by Gasteiger charge is -2.34. The second-order valence-electron chi connectivity index (χ2n) is 4.81. The van der Waals surface area contributed by atoms with Crippen LogP contribution in [0.3, 0.4) is 0 Å². The molecule has 8 heteroatoms. The highest BCUT2D eigenvalue weighted by Crippen LogP contribution is 2.36. The van der Waals surface area contributed by atoms with Crippen LogP contribution in [0.2, 0.25) is 10.0 Å². The van der Waals surface area contributed by atoms with Crippen molar-refractivity contribution in [3.8, 4) is 5.75 Å². The maximum atomic E-state index is 12.6. The average Bonchev–Trinajstić information content (AvgIpc) is 2.32. The molecular weight excluding hydrogens is 325 g/mol. The van der Waals surface area contributed by atoms with Crippen LogP contribution in [0, 0.1) is 0 Å². The number of benzene rings is 1. The first kappa shape index (κ1) is 15.9. The molecule has 0 bridgehead atoms. The predicted molar refractivity (Wildman–Crippen MR) is 76.9 cm³/mol. The number of halogens is 2. The van der Waals surface area contributed by atoms with E-state index >= 15 is 0 Å². The van der Waals surface area contributed by atoms with Crippen LogP contribution in [-0.2, 0) is 14.8 Å². The Morgan fingerprint density at radius 3 is 2.35 bits per heavy atom. The van der Waals surface area contributed by atoms with E-state index in [9.17, 15) is 13.5 Å². The summed E-state index contributed by atoms with van der Waals surface area (Å²) in [5, 5.41) is 9.95. The van der Waals surface area contributed by atoms with Crippen molar-refractivity contribution in [1.82, 2.24) is 4.31 Å². The molecule has 0 saturated carbocycles. The summed E-state index contributed by atoms with van der Waals surface area (Å²) in [6.07, 6.45) is -0.435. The number of hydrogen-bond donors (Lipinski definition) is 1. The number of nitrogens with zero attached hydrogens (tertiary/aromatic N) is 1. The topological polar surface area (TPSA) is 66.8 Å². The largest absolute Gasteiger partial charge is 0.505 e. The van der Waals surface area contributed by atoms with Crippen molar-refractivity contribution < 1.29 is 18.3 Å². The van der Waals surface area contributed by atoms with Gasteiger partial charge in [-0.3, -0.25) is 0 Å². The van der Waals surface area contributed by atoms with Crippen LogP contribution in [0.4, 0.5) is 0 Å². The molecule has 1 aromatic rings. The third kappa shape index (κ3) is 3.04. The molecule has 0 amide bonds. The van der Waals surface area contributed by atoms with Gasteiger partial charge in [0.25, 0.3) is 0 Å². The molecule has 0 unspecified atom stereocenters.